The molecule has 0 unspecified atom stereocenters. The molecular formula is C16H14N2O4. The molecule has 0 spiro atoms. The summed E-state index contributed by atoms with van der Waals surface area (Å²) in [5.41, 5.74) is 3.47. The molecule has 0 fully saturated rings. The number of aromatic hydroxyl groups is 1. The Morgan fingerprint density at radius 2 is 1.91 bits per heavy atom. The first-order valence-corrected chi connectivity index (χ1v) is 6.48. The van der Waals surface area contributed by atoms with Gasteiger partial charge in [-0.25, -0.2) is 10.2 Å². The molecule has 0 heterocycles. The lowest BCUT2D eigenvalue weighted by Crippen LogP contribution is -2.19. The number of carboxylic acids is 1. The highest BCUT2D eigenvalue weighted by molar-refractivity contribution is 5.98. The molecule has 2 rings (SSSR count). The average molecular weight is 298 g/mol. The van der Waals surface area contributed by atoms with E-state index in [-0.39, 0.29) is 23.6 Å². The van der Waals surface area contributed by atoms with Crippen LogP contribution in [0.4, 0.5) is 0 Å². The van der Waals surface area contributed by atoms with E-state index in [1.165, 1.54) is 24.4 Å². The number of nitrogens with one attached hydrogen (secondary N) is 1. The zero-order valence-corrected chi connectivity index (χ0v) is 11.6. The summed E-state index contributed by atoms with van der Waals surface area (Å²) in [6.45, 7) is 0. The van der Waals surface area contributed by atoms with Crippen LogP contribution in [0, 0.1) is 0 Å². The van der Waals surface area contributed by atoms with Crippen molar-refractivity contribution in [3.63, 3.8) is 0 Å². The van der Waals surface area contributed by atoms with Crippen LogP contribution in [0.2, 0.25) is 0 Å². The van der Waals surface area contributed by atoms with Crippen LogP contribution in [0.25, 0.3) is 0 Å². The largest absolute Gasteiger partial charge is 0.508 e. The van der Waals surface area contributed by atoms with Gasteiger partial charge in [0.25, 0.3) is 0 Å². The van der Waals surface area contributed by atoms with E-state index in [9.17, 15) is 14.7 Å². The highest BCUT2D eigenvalue weighted by Gasteiger charge is 2.07. The standard InChI is InChI=1S/C16H14N2O4/c19-13-6-3-4-11(8-13)9-15(20)18-17-10-12-5-1-2-7-14(12)16(21)22/h1-8,10,19H,9H2,(H,18,20)(H,21,22)/b17-10+. The van der Waals surface area contributed by atoms with Crippen molar-refractivity contribution in [2.45, 2.75) is 6.42 Å². The minimum Gasteiger partial charge on any atom is -0.508 e. The van der Waals surface area contributed by atoms with Crippen LogP contribution in [0.15, 0.2) is 53.6 Å². The van der Waals surface area contributed by atoms with Crippen LogP contribution >= 0.6 is 0 Å². The molecule has 3 N–H and O–H groups in total. The van der Waals surface area contributed by atoms with Gasteiger partial charge in [0.1, 0.15) is 5.75 Å². The summed E-state index contributed by atoms with van der Waals surface area (Å²) in [5, 5.41) is 22.1. The maximum absolute atomic E-state index is 11.7. The van der Waals surface area contributed by atoms with Crippen molar-refractivity contribution >= 4 is 18.1 Å². The fourth-order valence-electron chi connectivity index (χ4n) is 1.87. The molecule has 0 aliphatic heterocycles. The number of nitrogens with zero attached hydrogens (tertiary/aromatic N) is 1. The first kappa shape index (κ1) is 15.2. The molecule has 112 valence electrons. The molecule has 6 heteroatoms. The van der Waals surface area contributed by atoms with E-state index in [1.807, 2.05) is 0 Å². The number of benzene rings is 2. The Morgan fingerprint density at radius 3 is 2.64 bits per heavy atom. The van der Waals surface area contributed by atoms with Crippen LogP contribution in [-0.4, -0.2) is 28.3 Å². The van der Waals surface area contributed by atoms with Crippen molar-refractivity contribution in [1.82, 2.24) is 5.43 Å². The van der Waals surface area contributed by atoms with E-state index in [0.29, 0.717) is 11.1 Å². The maximum atomic E-state index is 11.7. The van der Waals surface area contributed by atoms with Gasteiger partial charge in [-0.15, -0.1) is 0 Å². The molecule has 2 aromatic rings. The first-order valence-electron chi connectivity index (χ1n) is 6.48. The molecule has 0 radical (unpaired) electrons. The number of carbonyl (C=O) groups excluding carboxylic acids is 1. The molecule has 2 aromatic carbocycles. The highest BCUT2D eigenvalue weighted by atomic mass is 16.4. The number of hydrogen-bond donors (Lipinski definition) is 3. The molecule has 0 saturated carbocycles. The second kappa shape index (κ2) is 7.03. The third-order valence-electron chi connectivity index (χ3n) is 2.86. The van der Waals surface area contributed by atoms with Crippen LogP contribution in [0.3, 0.4) is 0 Å². The smallest absolute Gasteiger partial charge is 0.336 e. The van der Waals surface area contributed by atoms with E-state index in [1.54, 1.807) is 30.3 Å². The lowest BCUT2D eigenvalue weighted by molar-refractivity contribution is -0.120. The Kier molecular flexibility index (Phi) is 4.87. The van der Waals surface area contributed by atoms with Crippen molar-refractivity contribution in [2.24, 2.45) is 5.10 Å². The van der Waals surface area contributed by atoms with Crippen molar-refractivity contribution in [2.75, 3.05) is 0 Å². The van der Waals surface area contributed by atoms with Gasteiger partial charge in [-0.2, -0.15) is 5.10 Å². The van der Waals surface area contributed by atoms with E-state index in [4.69, 9.17) is 5.11 Å². The number of carbonyl (C=O) groups is 2. The van der Waals surface area contributed by atoms with Gasteiger partial charge in [0.05, 0.1) is 18.2 Å². The number of amides is 1. The monoisotopic (exact) mass is 298 g/mol. The number of phenols is 1. The van der Waals surface area contributed by atoms with Crippen molar-refractivity contribution < 1.29 is 19.8 Å². The van der Waals surface area contributed by atoms with Crippen LogP contribution in [-0.2, 0) is 11.2 Å². The van der Waals surface area contributed by atoms with Gasteiger partial charge in [-0.05, 0) is 23.8 Å². The number of hydrogen-bond acceptors (Lipinski definition) is 4. The van der Waals surface area contributed by atoms with E-state index < -0.39 is 5.97 Å². The van der Waals surface area contributed by atoms with Gasteiger partial charge in [0.2, 0.25) is 5.91 Å². The minimum absolute atomic E-state index is 0.0618. The number of phenolic OH excluding ortho intramolecular Hbond substituents is 1. The van der Waals surface area contributed by atoms with E-state index >= 15 is 0 Å². The van der Waals surface area contributed by atoms with Crippen molar-refractivity contribution in [3.8, 4) is 5.75 Å². The van der Waals surface area contributed by atoms with Crippen LogP contribution in [0.5, 0.6) is 5.75 Å². The maximum Gasteiger partial charge on any atom is 0.336 e. The first-order chi connectivity index (χ1) is 10.6. The second-order valence-electron chi connectivity index (χ2n) is 4.53. The van der Waals surface area contributed by atoms with Gasteiger partial charge in [-0.1, -0.05) is 30.3 Å². The van der Waals surface area contributed by atoms with E-state index in [0.717, 1.165) is 0 Å². The number of carboxylic acid groups (broad SMARTS) is 1. The molecule has 1 amide bonds. The Bertz CT molecular complexity index is 726. The Hall–Kier alpha value is -3.15. The van der Waals surface area contributed by atoms with Crippen LogP contribution < -0.4 is 5.43 Å². The zero-order chi connectivity index (χ0) is 15.9. The topological polar surface area (TPSA) is 99.0 Å². The quantitative estimate of drug-likeness (QED) is 0.579. The highest BCUT2D eigenvalue weighted by Crippen LogP contribution is 2.11. The summed E-state index contributed by atoms with van der Waals surface area (Å²) in [4.78, 5) is 22.7. The average Bonchev–Trinajstić information content (AvgIpc) is 2.47. The molecule has 0 saturated heterocycles. The fourth-order valence-corrected chi connectivity index (χ4v) is 1.87. The number of aromatic carboxylic acids is 1. The summed E-state index contributed by atoms with van der Waals surface area (Å²) >= 11 is 0. The molecule has 0 bridgehead atoms. The lowest BCUT2D eigenvalue weighted by atomic mass is 10.1. The van der Waals surface area contributed by atoms with E-state index in [2.05, 4.69) is 10.5 Å². The molecular weight excluding hydrogens is 284 g/mol. The van der Waals surface area contributed by atoms with Gasteiger partial charge in [-0.3, -0.25) is 4.79 Å². The molecule has 0 aliphatic rings. The van der Waals surface area contributed by atoms with Crippen molar-refractivity contribution in [1.29, 1.82) is 0 Å². The minimum atomic E-state index is -1.06. The summed E-state index contributed by atoms with van der Waals surface area (Å²) < 4.78 is 0. The summed E-state index contributed by atoms with van der Waals surface area (Å²) in [6, 6.07) is 12.7. The van der Waals surface area contributed by atoms with Gasteiger partial charge in [0, 0.05) is 5.56 Å². The summed E-state index contributed by atoms with van der Waals surface area (Å²) in [7, 11) is 0. The predicted octanol–water partition coefficient (Wildman–Crippen LogP) is 1.78. The van der Waals surface area contributed by atoms with Crippen molar-refractivity contribution in [3.05, 3.63) is 65.2 Å². The third kappa shape index (κ3) is 4.17. The molecule has 6 nitrogen and oxygen atoms in total. The Labute approximate surface area is 126 Å². The fraction of sp³-hybridized carbons (Fsp3) is 0.0625. The molecule has 22 heavy (non-hydrogen) atoms. The third-order valence-corrected chi connectivity index (χ3v) is 2.86. The normalized spacial score (nSPS) is 10.5. The predicted molar refractivity (Wildman–Crippen MR) is 80.9 cm³/mol. The molecule has 0 atom stereocenters. The Morgan fingerprint density at radius 1 is 1.14 bits per heavy atom. The summed E-state index contributed by atoms with van der Waals surface area (Å²) in [6.07, 6.45) is 1.34. The Balaban J connectivity index is 1.98. The molecule has 0 aliphatic carbocycles. The van der Waals surface area contributed by atoms with Crippen LogP contribution in [0.1, 0.15) is 21.5 Å². The van der Waals surface area contributed by atoms with Gasteiger partial charge < -0.3 is 10.2 Å². The zero-order valence-electron chi connectivity index (χ0n) is 11.6. The molecule has 0 aromatic heterocycles. The summed E-state index contributed by atoms with van der Waals surface area (Å²) in [5.74, 6) is -1.34. The second-order valence-corrected chi connectivity index (χ2v) is 4.53. The van der Waals surface area contributed by atoms with Gasteiger partial charge in [0.15, 0.2) is 0 Å². The van der Waals surface area contributed by atoms with Gasteiger partial charge >= 0.3 is 5.97 Å². The lowest BCUT2D eigenvalue weighted by Gasteiger charge is -2.02. The number of hydrazone groups is 1. The SMILES string of the molecule is O=C(Cc1cccc(O)c1)N/N=C/c1ccccc1C(=O)O. The number of rotatable bonds is 5.